The van der Waals surface area contributed by atoms with Crippen molar-refractivity contribution in [3.05, 3.63) is 53.4 Å². The van der Waals surface area contributed by atoms with Crippen molar-refractivity contribution in [2.45, 2.75) is 37.5 Å². The van der Waals surface area contributed by atoms with Crippen molar-refractivity contribution in [2.24, 2.45) is 5.10 Å². The highest BCUT2D eigenvalue weighted by Crippen LogP contribution is 2.29. The molecule has 3 aromatic rings. The third kappa shape index (κ3) is 5.75. The zero-order valence-corrected chi connectivity index (χ0v) is 20.6. The van der Waals surface area contributed by atoms with Crippen LogP contribution in [-0.4, -0.2) is 48.7 Å². The van der Waals surface area contributed by atoms with Crippen LogP contribution in [0.15, 0.2) is 57.8 Å². The van der Waals surface area contributed by atoms with E-state index in [4.69, 9.17) is 4.74 Å². The lowest BCUT2D eigenvalue weighted by atomic mass is 10.2. The predicted molar refractivity (Wildman–Crippen MR) is 135 cm³/mol. The summed E-state index contributed by atoms with van der Waals surface area (Å²) in [7, 11) is -3.52. The Bertz CT molecular complexity index is 1250. The minimum Gasteiger partial charge on any atom is -0.504 e. The lowest BCUT2D eigenvalue weighted by Crippen LogP contribution is -2.31. The Labute approximate surface area is 204 Å². The van der Waals surface area contributed by atoms with Crippen LogP contribution < -0.4 is 10.2 Å². The molecule has 8 nitrogen and oxygen atoms in total. The molecule has 1 fully saturated rings. The zero-order valence-electron chi connectivity index (χ0n) is 19.0. The molecule has 1 aliphatic heterocycles. The summed E-state index contributed by atoms with van der Waals surface area (Å²) in [6, 6.07) is 11.9. The molecule has 0 amide bonds. The molecular formula is C24H28N4O4S2. The Morgan fingerprint density at radius 2 is 1.97 bits per heavy atom. The van der Waals surface area contributed by atoms with Gasteiger partial charge in [0.2, 0.25) is 15.2 Å². The van der Waals surface area contributed by atoms with Crippen LogP contribution in [0.5, 0.6) is 11.5 Å². The summed E-state index contributed by atoms with van der Waals surface area (Å²) in [5, 5.41) is 16.5. The van der Waals surface area contributed by atoms with Gasteiger partial charge in [-0.05, 0) is 55.7 Å². The maximum atomic E-state index is 13.1. The second kappa shape index (κ2) is 11.0. The fourth-order valence-corrected chi connectivity index (χ4v) is 5.98. The van der Waals surface area contributed by atoms with Gasteiger partial charge in [-0.1, -0.05) is 25.0 Å². The SMILES string of the molecule is CCOc1cc(C=NNc2nc(-c3cccc(S(=O)(=O)N4CCCCCC4)c3)cs2)ccc1O. The number of thiazole rings is 1. The number of rotatable bonds is 8. The Kier molecular flexibility index (Phi) is 7.81. The number of ether oxygens (including phenoxy) is 1. The number of sulfonamides is 1. The predicted octanol–water partition coefficient (Wildman–Crippen LogP) is 4.93. The normalized spacial score (nSPS) is 15.3. The average Bonchev–Trinajstić information content (AvgIpc) is 3.13. The topological polar surface area (TPSA) is 104 Å². The van der Waals surface area contributed by atoms with Gasteiger partial charge in [0, 0.05) is 24.0 Å². The molecule has 0 bridgehead atoms. The van der Waals surface area contributed by atoms with Gasteiger partial charge in [0.05, 0.1) is 23.4 Å². The van der Waals surface area contributed by atoms with Gasteiger partial charge in [-0.15, -0.1) is 11.3 Å². The van der Waals surface area contributed by atoms with E-state index >= 15 is 0 Å². The number of nitrogens with one attached hydrogen (secondary N) is 1. The van der Waals surface area contributed by atoms with Crippen molar-refractivity contribution < 1.29 is 18.3 Å². The number of benzene rings is 2. The molecule has 1 aliphatic rings. The number of nitrogens with zero attached hydrogens (tertiary/aromatic N) is 3. The van der Waals surface area contributed by atoms with Crippen molar-refractivity contribution in [1.29, 1.82) is 0 Å². The third-order valence-corrected chi connectivity index (χ3v) is 8.14. The summed E-state index contributed by atoms with van der Waals surface area (Å²) >= 11 is 1.38. The first kappa shape index (κ1) is 24.2. The smallest absolute Gasteiger partial charge is 0.243 e. The van der Waals surface area contributed by atoms with E-state index in [0.717, 1.165) is 36.8 Å². The minimum absolute atomic E-state index is 0.0802. The number of hydrogen-bond acceptors (Lipinski definition) is 8. The highest BCUT2D eigenvalue weighted by molar-refractivity contribution is 7.89. The third-order valence-electron chi connectivity index (χ3n) is 5.49. The number of hydrogen-bond donors (Lipinski definition) is 2. The fraction of sp³-hybridized carbons (Fsp3) is 0.333. The lowest BCUT2D eigenvalue weighted by molar-refractivity contribution is 0.318. The van der Waals surface area contributed by atoms with Crippen molar-refractivity contribution in [3.63, 3.8) is 0 Å². The molecule has 0 radical (unpaired) electrons. The molecule has 2 heterocycles. The van der Waals surface area contributed by atoms with Crippen LogP contribution in [0.2, 0.25) is 0 Å². The van der Waals surface area contributed by atoms with Crippen LogP contribution in [0.25, 0.3) is 11.3 Å². The molecule has 180 valence electrons. The number of hydrazone groups is 1. The van der Waals surface area contributed by atoms with E-state index in [2.05, 4.69) is 15.5 Å². The van der Waals surface area contributed by atoms with Gasteiger partial charge in [0.1, 0.15) is 0 Å². The van der Waals surface area contributed by atoms with Gasteiger partial charge in [-0.25, -0.2) is 13.4 Å². The number of aromatic hydroxyl groups is 1. The Morgan fingerprint density at radius 3 is 2.74 bits per heavy atom. The average molecular weight is 501 g/mol. The molecule has 10 heteroatoms. The van der Waals surface area contributed by atoms with Crippen molar-refractivity contribution in [1.82, 2.24) is 9.29 Å². The van der Waals surface area contributed by atoms with Crippen LogP contribution in [0, 0.1) is 0 Å². The highest BCUT2D eigenvalue weighted by Gasteiger charge is 2.25. The van der Waals surface area contributed by atoms with Gasteiger partial charge in [-0.2, -0.15) is 9.41 Å². The fourth-order valence-electron chi connectivity index (χ4n) is 3.75. The zero-order chi connectivity index (χ0) is 24.0. The first-order valence-electron chi connectivity index (χ1n) is 11.3. The van der Waals surface area contributed by atoms with Crippen molar-refractivity contribution >= 4 is 32.7 Å². The molecule has 2 aromatic carbocycles. The maximum Gasteiger partial charge on any atom is 0.243 e. The molecule has 4 rings (SSSR count). The van der Waals surface area contributed by atoms with E-state index in [0.29, 0.717) is 41.2 Å². The summed E-state index contributed by atoms with van der Waals surface area (Å²) in [5.41, 5.74) is 5.08. The molecule has 2 N–H and O–H groups in total. The van der Waals surface area contributed by atoms with Gasteiger partial charge in [0.15, 0.2) is 11.5 Å². The first-order valence-corrected chi connectivity index (χ1v) is 13.6. The Balaban J connectivity index is 1.46. The van der Waals surface area contributed by atoms with Gasteiger partial charge >= 0.3 is 0 Å². The molecule has 0 saturated carbocycles. The Morgan fingerprint density at radius 1 is 1.18 bits per heavy atom. The summed E-state index contributed by atoms with van der Waals surface area (Å²) < 4.78 is 33.3. The van der Waals surface area contributed by atoms with Gasteiger partial charge in [-0.3, -0.25) is 5.43 Å². The van der Waals surface area contributed by atoms with E-state index in [1.54, 1.807) is 46.9 Å². The molecule has 34 heavy (non-hydrogen) atoms. The van der Waals surface area contributed by atoms with Crippen molar-refractivity contribution in [3.8, 4) is 22.8 Å². The molecule has 0 atom stereocenters. The summed E-state index contributed by atoms with van der Waals surface area (Å²) in [6.45, 7) is 3.45. The minimum atomic E-state index is -3.52. The van der Waals surface area contributed by atoms with Gasteiger partial charge < -0.3 is 9.84 Å². The standard InChI is InChI=1S/C24H28N4O4S2/c1-2-32-23-14-18(10-11-22(23)29)16-25-27-24-26-21(17-33-24)19-8-7-9-20(15-19)34(30,31)28-12-5-3-4-6-13-28/h7-11,14-17,29H,2-6,12-13H2,1H3,(H,26,27). The molecule has 1 aromatic heterocycles. The monoisotopic (exact) mass is 500 g/mol. The van der Waals surface area contributed by atoms with E-state index in [-0.39, 0.29) is 5.75 Å². The van der Waals surface area contributed by atoms with Crippen LogP contribution >= 0.6 is 11.3 Å². The van der Waals surface area contributed by atoms with E-state index in [9.17, 15) is 13.5 Å². The second-order valence-electron chi connectivity index (χ2n) is 7.91. The molecule has 1 saturated heterocycles. The summed E-state index contributed by atoms with van der Waals surface area (Å²) in [6.07, 6.45) is 5.56. The number of aromatic nitrogens is 1. The van der Waals surface area contributed by atoms with Crippen LogP contribution in [0.1, 0.15) is 38.2 Å². The Hall–Kier alpha value is -2.95. The van der Waals surface area contributed by atoms with Gasteiger partial charge in [0.25, 0.3) is 0 Å². The highest BCUT2D eigenvalue weighted by atomic mass is 32.2. The molecular weight excluding hydrogens is 472 g/mol. The number of phenolic OH excluding ortho intramolecular Hbond substituents is 1. The van der Waals surface area contributed by atoms with E-state index in [1.807, 2.05) is 18.4 Å². The molecule has 0 aliphatic carbocycles. The second-order valence-corrected chi connectivity index (χ2v) is 10.7. The summed E-state index contributed by atoms with van der Waals surface area (Å²) in [5.74, 6) is 0.481. The van der Waals surface area contributed by atoms with Crippen molar-refractivity contribution in [2.75, 3.05) is 25.1 Å². The van der Waals surface area contributed by atoms with Crippen LogP contribution in [-0.2, 0) is 10.0 Å². The van der Waals surface area contributed by atoms with E-state index < -0.39 is 10.0 Å². The summed E-state index contributed by atoms with van der Waals surface area (Å²) in [4.78, 5) is 4.84. The number of phenols is 1. The largest absolute Gasteiger partial charge is 0.504 e. The van der Waals surface area contributed by atoms with E-state index in [1.165, 1.54) is 11.3 Å². The lowest BCUT2D eigenvalue weighted by Gasteiger charge is -2.20. The molecule has 0 spiro atoms. The first-order chi connectivity index (χ1) is 16.5. The maximum absolute atomic E-state index is 13.1. The quantitative estimate of drug-likeness (QED) is 0.336. The molecule has 0 unspecified atom stereocenters. The number of anilines is 1. The van der Waals surface area contributed by atoms with Crippen LogP contribution in [0.4, 0.5) is 5.13 Å². The van der Waals surface area contributed by atoms with Crippen LogP contribution in [0.3, 0.4) is 0 Å².